The van der Waals surface area contributed by atoms with Gasteiger partial charge >= 0.3 is 0 Å². The number of fused-ring (bicyclic) bond motifs is 1. The lowest BCUT2D eigenvalue weighted by molar-refractivity contribution is 0.811. The van der Waals surface area contributed by atoms with Gasteiger partial charge < -0.3 is 5.73 Å². The second-order valence-corrected chi connectivity index (χ2v) is 4.18. The van der Waals surface area contributed by atoms with Crippen molar-refractivity contribution < 1.29 is 0 Å². The lowest BCUT2D eigenvalue weighted by Gasteiger charge is -2.03. The minimum absolute atomic E-state index is 0.325. The predicted octanol–water partition coefficient (Wildman–Crippen LogP) is 1.56. The Bertz CT molecular complexity index is 701. The fourth-order valence-electron chi connectivity index (χ4n) is 1.92. The van der Waals surface area contributed by atoms with Gasteiger partial charge in [-0.3, -0.25) is 0 Å². The van der Waals surface area contributed by atoms with Crippen LogP contribution in [0.25, 0.3) is 16.9 Å². The van der Waals surface area contributed by atoms with E-state index in [2.05, 4.69) is 34.4 Å². The molecular formula is C13H13N5. The SMILES string of the molecule is Cc1cccc(-c2ccc3nnc(CN)n3n2)c1. The topological polar surface area (TPSA) is 69.1 Å². The average molecular weight is 239 g/mol. The van der Waals surface area contributed by atoms with Crippen LogP contribution in [0.1, 0.15) is 11.4 Å². The third-order valence-corrected chi connectivity index (χ3v) is 2.82. The number of nitrogens with zero attached hydrogens (tertiary/aromatic N) is 4. The minimum atomic E-state index is 0.325. The molecule has 0 fully saturated rings. The van der Waals surface area contributed by atoms with Crippen molar-refractivity contribution in [3.05, 3.63) is 47.8 Å². The largest absolute Gasteiger partial charge is 0.324 e. The summed E-state index contributed by atoms with van der Waals surface area (Å²) in [5.74, 6) is 0.666. The lowest BCUT2D eigenvalue weighted by Crippen LogP contribution is -2.05. The van der Waals surface area contributed by atoms with Gasteiger partial charge in [-0.15, -0.1) is 10.2 Å². The molecule has 0 spiro atoms. The van der Waals surface area contributed by atoms with Crippen LogP contribution in [0, 0.1) is 6.92 Å². The molecule has 2 heterocycles. The summed E-state index contributed by atoms with van der Waals surface area (Å²) >= 11 is 0. The third-order valence-electron chi connectivity index (χ3n) is 2.82. The van der Waals surface area contributed by atoms with Crippen molar-refractivity contribution in [1.29, 1.82) is 0 Å². The number of aryl methyl sites for hydroxylation is 1. The Balaban J connectivity index is 2.18. The van der Waals surface area contributed by atoms with Gasteiger partial charge in [-0.2, -0.15) is 9.61 Å². The third kappa shape index (κ3) is 1.74. The zero-order chi connectivity index (χ0) is 12.5. The van der Waals surface area contributed by atoms with Crippen molar-refractivity contribution in [2.24, 2.45) is 5.73 Å². The predicted molar refractivity (Wildman–Crippen MR) is 68.8 cm³/mol. The summed E-state index contributed by atoms with van der Waals surface area (Å²) < 4.78 is 1.69. The summed E-state index contributed by atoms with van der Waals surface area (Å²) in [6.07, 6.45) is 0. The Hall–Kier alpha value is -2.27. The molecule has 90 valence electrons. The van der Waals surface area contributed by atoms with Gasteiger partial charge in [-0.05, 0) is 25.1 Å². The standard InChI is InChI=1S/C13H13N5/c1-9-3-2-4-10(7-9)11-5-6-12-15-16-13(8-14)18(12)17-11/h2-7H,8,14H2,1H3. The number of rotatable bonds is 2. The van der Waals surface area contributed by atoms with Gasteiger partial charge in [0.05, 0.1) is 12.2 Å². The fraction of sp³-hybridized carbons (Fsp3) is 0.154. The second kappa shape index (κ2) is 4.19. The molecule has 0 amide bonds. The first kappa shape index (κ1) is 10.9. The van der Waals surface area contributed by atoms with E-state index in [-0.39, 0.29) is 0 Å². The van der Waals surface area contributed by atoms with Gasteiger partial charge in [0, 0.05) is 5.56 Å². The van der Waals surface area contributed by atoms with Gasteiger partial charge in [-0.1, -0.05) is 23.8 Å². The summed E-state index contributed by atoms with van der Waals surface area (Å²) in [5.41, 5.74) is 9.50. The highest BCUT2D eigenvalue weighted by Crippen LogP contribution is 2.18. The van der Waals surface area contributed by atoms with E-state index in [1.54, 1.807) is 4.52 Å². The summed E-state index contributed by atoms with van der Waals surface area (Å²) in [6.45, 7) is 2.39. The number of hydrogen-bond acceptors (Lipinski definition) is 4. The van der Waals surface area contributed by atoms with Gasteiger partial charge in [0.15, 0.2) is 11.5 Å². The fourth-order valence-corrected chi connectivity index (χ4v) is 1.92. The maximum Gasteiger partial charge on any atom is 0.177 e. The normalized spacial score (nSPS) is 11.0. The molecule has 0 radical (unpaired) electrons. The molecule has 5 nitrogen and oxygen atoms in total. The maximum absolute atomic E-state index is 5.61. The minimum Gasteiger partial charge on any atom is -0.324 e. The lowest BCUT2D eigenvalue weighted by atomic mass is 10.1. The molecule has 0 bridgehead atoms. The Morgan fingerprint density at radius 2 is 2.06 bits per heavy atom. The van der Waals surface area contributed by atoms with Gasteiger partial charge in [-0.25, -0.2) is 0 Å². The molecule has 1 aromatic carbocycles. The summed E-state index contributed by atoms with van der Waals surface area (Å²) in [6, 6.07) is 12.1. The van der Waals surface area contributed by atoms with Crippen molar-refractivity contribution in [1.82, 2.24) is 19.8 Å². The van der Waals surface area contributed by atoms with E-state index < -0.39 is 0 Å². The van der Waals surface area contributed by atoms with Crippen molar-refractivity contribution in [3.63, 3.8) is 0 Å². The first-order chi connectivity index (χ1) is 8.78. The van der Waals surface area contributed by atoms with Gasteiger partial charge in [0.25, 0.3) is 0 Å². The van der Waals surface area contributed by atoms with Crippen LogP contribution in [0.4, 0.5) is 0 Å². The number of nitrogens with two attached hydrogens (primary N) is 1. The Morgan fingerprint density at radius 1 is 1.17 bits per heavy atom. The molecule has 0 aliphatic rings. The molecule has 5 heteroatoms. The second-order valence-electron chi connectivity index (χ2n) is 4.18. The van der Waals surface area contributed by atoms with Crippen LogP contribution in [0.15, 0.2) is 36.4 Å². The van der Waals surface area contributed by atoms with E-state index in [0.717, 1.165) is 11.3 Å². The monoisotopic (exact) mass is 239 g/mol. The molecule has 18 heavy (non-hydrogen) atoms. The van der Waals surface area contributed by atoms with Crippen LogP contribution in [-0.2, 0) is 6.54 Å². The van der Waals surface area contributed by atoms with E-state index in [0.29, 0.717) is 18.0 Å². The molecule has 3 rings (SSSR count). The molecule has 0 aliphatic carbocycles. The molecular weight excluding hydrogens is 226 g/mol. The molecule has 0 saturated carbocycles. The highest BCUT2D eigenvalue weighted by Gasteiger charge is 2.07. The first-order valence-electron chi connectivity index (χ1n) is 5.76. The summed E-state index contributed by atoms with van der Waals surface area (Å²) in [4.78, 5) is 0. The molecule has 0 aliphatic heterocycles. The number of aromatic nitrogens is 4. The maximum atomic E-state index is 5.61. The highest BCUT2D eigenvalue weighted by atomic mass is 15.4. The van der Waals surface area contributed by atoms with Crippen LogP contribution in [0.5, 0.6) is 0 Å². The van der Waals surface area contributed by atoms with Gasteiger partial charge in [0.1, 0.15) is 0 Å². The van der Waals surface area contributed by atoms with Crippen LogP contribution in [0.3, 0.4) is 0 Å². The average Bonchev–Trinajstić information content (AvgIpc) is 2.80. The van der Waals surface area contributed by atoms with Crippen molar-refractivity contribution in [3.8, 4) is 11.3 Å². The Morgan fingerprint density at radius 3 is 2.83 bits per heavy atom. The zero-order valence-electron chi connectivity index (χ0n) is 10.0. The summed E-state index contributed by atoms with van der Waals surface area (Å²) in [5, 5.41) is 12.5. The number of benzene rings is 1. The van der Waals surface area contributed by atoms with E-state index in [9.17, 15) is 0 Å². The van der Waals surface area contributed by atoms with Crippen molar-refractivity contribution in [2.45, 2.75) is 13.5 Å². The molecule has 0 unspecified atom stereocenters. The first-order valence-corrected chi connectivity index (χ1v) is 5.76. The molecule has 2 N–H and O–H groups in total. The Labute approximate surface area is 104 Å². The number of hydrogen-bond donors (Lipinski definition) is 1. The van der Waals surface area contributed by atoms with Crippen molar-refractivity contribution >= 4 is 5.65 Å². The van der Waals surface area contributed by atoms with E-state index >= 15 is 0 Å². The highest BCUT2D eigenvalue weighted by molar-refractivity contribution is 5.60. The zero-order valence-corrected chi connectivity index (χ0v) is 10.0. The molecule has 0 atom stereocenters. The smallest absolute Gasteiger partial charge is 0.177 e. The van der Waals surface area contributed by atoms with Crippen LogP contribution >= 0.6 is 0 Å². The van der Waals surface area contributed by atoms with E-state index in [1.165, 1.54) is 5.56 Å². The van der Waals surface area contributed by atoms with E-state index in [4.69, 9.17) is 5.73 Å². The summed E-state index contributed by atoms with van der Waals surface area (Å²) in [7, 11) is 0. The van der Waals surface area contributed by atoms with Gasteiger partial charge in [0.2, 0.25) is 0 Å². The molecule has 3 aromatic rings. The van der Waals surface area contributed by atoms with E-state index in [1.807, 2.05) is 24.3 Å². The van der Waals surface area contributed by atoms with Crippen LogP contribution < -0.4 is 5.73 Å². The molecule has 0 saturated heterocycles. The van der Waals surface area contributed by atoms with Crippen LogP contribution in [0.2, 0.25) is 0 Å². The quantitative estimate of drug-likeness (QED) is 0.736. The Kier molecular flexibility index (Phi) is 2.53. The van der Waals surface area contributed by atoms with Crippen LogP contribution in [-0.4, -0.2) is 19.8 Å². The molecule has 2 aromatic heterocycles. The van der Waals surface area contributed by atoms with Crippen molar-refractivity contribution in [2.75, 3.05) is 0 Å².